The summed E-state index contributed by atoms with van der Waals surface area (Å²) in [6.45, 7) is 6.40. The summed E-state index contributed by atoms with van der Waals surface area (Å²) in [5.41, 5.74) is -1.02. The SMILES string of the molecule is CCCS(=O)(=O)NC(C)C(=O)NCC(C)(C)O. The maximum atomic E-state index is 11.5. The molecule has 1 amide bonds. The van der Waals surface area contributed by atoms with Crippen LogP contribution in [0.2, 0.25) is 0 Å². The molecule has 0 aliphatic heterocycles. The average molecular weight is 266 g/mol. The number of aliphatic hydroxyl groups is 1. The third-order valence-corrected chi connectivity index (χ3v) is 3.58. The lowest BCUT2D eigenvalue weighted by Gasteiger charge is -2.20. The van der Waals surface area contributed by atoms with Crippen molar-refractivity contribution in [3.05, 3.63) is 0 Å². The van der Waals surface area contributed by atoms with Crippen molar-refractivity contribution in [1.29, 1.82) is 0 Å². The van der Waals surface area contributed by atoms with Gasteiger partial charge in [0.2, 0.25) is 15.9 Å². The highest BCUT2D eigenvalue weighted by Crippen LogP contribution is 1.98. The molecule has 1 atom stereocenters. The van der Waals surface area contributed by atoms with Crippen molar-refractivity contribution in [1.82, 2.24) is 10.0 Å². The van der Waals surface area contributed by atoms with Gasteiger partial charge < -0.3 is 10.4 Å². The third-order valence-electron chi connectivity index (χ3n) is 1.92. The fourth-order valence-corrected chi connectivity index (χ4v) is 2.41. The number of carbonyl (C=O) groups is 1. The minimum absolute atomic E-state index is 0.00386. The minimum Gasteiger partial charge on any atom is -0.389 e. The summed E-state index contributed by atoms with van der Waals surface area (Å²) in [7, 11) is -3.40. The Morgan fingerprint density at radius 1 is 1.41 bits per heavy atom. The van der Waals surface area contributed by atoms with Gasteiger partial charge in [-0.2, -0.15) is 0 Å². The van der Waals surface area contributed by atoms with Crippen LogP contribution in [-0.4, -0.2) is 43.4 Å². The fourth-order valence-electron chi connectivity index (χ4n) is 1.11. The molecule has 102 valence electrons. The van der Waals surface area contributed by atoms with E-state index in [4.69, 9.17) is 0 Å². The van der Waals surface area contributed by atoms with Crippen molar-refractivity contribution < 1.29 is 18.3 Å². The molecule has 0 saturated carbocycles. The number of carbonyl (C=O) groups excluding carboxylic acids is 1. The van der Waals surface area contributed by atoms with Crippen molar-refractivity contribution >= 4 is 15.9 Å². The van der Waals surface area contributed by atoms with Crippen LogP contribution in [0.3, 0.4) is 0 Å². The Hall–Kier alpha value is -0.660. The van der Waals surface area contributed by atoms with E-state index >= 15 is 0 Å². The van der Waals surface area contributed by atoms with Crippen molar-refractivity contribution in [3.8, 4) is 0 Å². The van der Waals surface area contributed by atoms with Gasteiger partial charge in [0.05, 0.1) is 17.4 Å². The first-order valence-electron chi connectivity index (χ1n) is 5.57. The number of sulfonamides is 1. The Morgan fingerprint density at radius 2 is 1.94 bits per heavy atom. The first-order valence-corrected chi connectivity index (χ1v) is 7.23. The second kappa shape index (κ2) is 6.32. The lowest BCUT2D eigenvalue weighted by Crippen LogP contribution is -2.48. The Kier molecular flexibility index (Phi) is 6.08. The summed E-state index contributed by atoms with van der Waals surface area (Å²) in [6, 6.07) is -0.839. The molecule has 3 N–H and O–H groups in total. The van der Waals surface area contributed by atoms with Crippen LogP contribution in [0.5, 0.6) is 0 Å². The van der Waals surface area contributed by atoms with Gasteiger partial charge in [0.25, 0.3) is 0 Å². The monoisotopic (exact) mass is 266 g/mol. The van der Waals surface area contributed by atoms with Crippen LogP contribution in [0.4, 0.5) is 0 Å². The lowest BCUT2D eigenvalue weighted by atomic mass is 10.1. The predicted molar refractivity (Wildman–Crippen MR) is 66.0 cm³/mol. The Labute approximate surface area is 103 Å². The van der Waals surface area contributed by atoms with E-state index in [0.29, 0.717) is 6.42 Å². The van der Waals surface area contributed by atoms with Gasteiger partial charge in [0.1, 0.15) is 0 Å². The zero-order valence-corrected chi connectivity index (χ0v) is 11.6. The first kappa shape index (κ1) is 16.3. The number of nitrogens with one attached hydrogen (secondary N) is 2. The molecule has 0 fully saturated rings. The van der Waals surface area contributed by atoms with Crippen LogP contribution >= 0.6 is 0 Å². The maximum Gasteiger partial charge on any atom is 0.237 e. The molecule has 1 unspecified atom stereocenters. The lowest BCUT2D eigenvalue weighted by molar-refractivity contribution is -0.123. The molecular weight excluding hydrogens is 244 g/mol. The summed E-state index contributed by atoms with van der Waals surface area (Å²) in [5, 5.41) is 11.9. The van der Waals surface area contributed by atoms with Gasteiger partial charge >= 0.3 is 0 Å². The van der Waals surface area contributed by atoms with Crippen LogP contribution in [0.25, 0.3) is 0 Å². The molecule has 0 heterocycles. The highest BCUT2D eigenvalue weighted by Gasteiger charge is 2.21. The van der Waals surface area contributed by atoms with E-state index < -0.39 is 27.6 Å². The maximum absolute atomic E-state index is 11.5. The van der Waals surface area contributed by atoms with Gasteiger partial charge in [0.15, 0.2) is 0 Å². The summed E-state index contributed by atoms with van der Waals surface area (Å²) >= 11 is 0. The Balaban J connectivity index is 4.24. The minimum atomic E-state index is -3.40. The average Bonchev–Trinajstić information content (AvgIpc) is 2.11. The van der Waals surface area contributed by atoms with Gasteiger partial charge in [-0.3, -0.25) is 4.79 Å². The summed E-state index contributed by atoms with van der Waals surface area (Å²) in [4.78, 5) is 11.5. The summed E-state index contributed by atoms with van der Waals surface area (Å²) < 4.78 is 25.1. The molecule has 0 aromatic heterocycles. The van der Waals surface area contributed by atoms with E-state index in [0.717, 1.165) is 0 Å². The summed E-state index contributed by atoms with van der Waals surface area (Å²) in [6.07, 6.45) is 0.493. The molecule has 6 nitrogen and oxygen atoms in total. The number of amides is 1. The van der Waals surface area contributed by atoms with Crippen LogP contribution in [-0.2, 0) is 14.8 Å². The molecule has 0 saturated heterocycles. The van der Waals surface area contributed by atoms with E-state index in [2.05, 4.69) is 10.0 Å². The predicted octanol–water partition coefficient (Wildman–Crippen LogP) is -0.409. The highest BCUT2D eigenvalue weighted by atomic mass is 32.2. The van der Waals surface area contributed by atoms with E-state index in [9.17, 15) is 18.3 Å². The molecule has 0 aromatic rings. The fraction of sp³-hybridized carbons (Fsp3) is 0.900. The van der Waals surface area contributed by atoms with Crippen LogP contribution in [0, 0.1) is 0 Å². The second-order valence-corrected chi connectivity index (χ2v) is 6.56. The molecule has 7 heteroatoms. The van der Waals surface area contributed by atoms with Crippen molar-refractivity contribution in [2.75, 3.05) is 12.3 Å². The van der Waals surface area contributed by atoms with Crippen molar-refractivity contribution in [2.24, 2.45) is 0 Å². The summed E-state index contributed by atoms with van der Waals surface area (Å²) in [5.74, 6) is -0.456. The standard InChI is InChI=1S/C10H22N2O4S/c1-5-6-17(15,16)12-8(2)9(13)11-7-10(3,4)14/h8,12,14H,5-7H2,1-4H3,(H,11,13). The molecule has 0 aliphatic carbocycles. The molecule has 0 radical (unpaired) electrons. The zero-order valence-electron chi connectivity index (χ0n) is 10.8. The van der Waals surface area contributed by atoms with Crippen LogP contribution in [0.15, 0.2) is 0 Å². The van der Waals surface area contributed by atoms with Gasteiger partial charge in [0, 0.05) is 6.54 Å². The first-order chi connectivity index (χ1) is 7.57. The van der Waals surface area contributed by atoms with E-state index in [1.807, 2.05) is 0 Å². The molecule has 0 aromatic carbocycles. The van der Waals surface area contributed by atoms with Crippen LogP contribution < -0.4 is 10.0 Å². The molecular formula is C10H22N2O4S. The largest absolute Gasteiger partial charge is 0.389 e. The quantitative estimate of drug-likeness (QED) is 0.584. The zero-order chi connectivity index (χ0) is 13.7. The van der Waals surface area contributed by atoms with Gasteiger partial charge in [-0.05, 0) is 27.2 Å². The molecule has 0 bridgehead atoms. The molecule has 0 rings (SSSR count). The van der Waals surface area contributed by atoms with E-state index in [1.54, 1.807) is 20.8 Å². The van der Waals surface area contributed by atoms with Crippen LogP contribution in [0.1, 0.15) is 34.1 Å². The van der Waals surface area contributed by atoms with Gasteiger partial charge in [-0.15, -0.1) is 0 Å². The number of rotatable bonds is 7. The number of hydrogen-bond acceptors (Lipinski definition) is 4. The van der Waals surface area contributed by atoms with Gasteiger partial charge in [-0.1, -0.05) is 6.92 Å². The molecule has 0 spiro atoms. The smallest absolute Gasteiger partial charge is 0.237 e. The molecule has 0 aliphatic rings. The van der Waals surface area contributed by atoms with E-state index in [-0.39, 0.29) is 12.3 Å². The highest BCUT2D eigenvalue weighted by molar-refractivity contribution is 7.89. The third kappa shape index (κ3) is 8.12. The Bertz CT molecular complexity index is 346. The topological polar surface area (TPSA) is 95.5 Å². The van der Waals surface area contributed by atoms with E-state index in [1.165, 1.54) is 6.92 Å². The number of hydrogen-bond donors (Lipinski definition) is 3. The van der Waals surface area contributed by atoms with Gasteiger partial charge in [-0.25, -0.2) is 13.1 Å². The Morgan fingerprint density at radius 3 is 2.35 bits per heavy atom. The molecule has 17 heavy (non-hydrogen) atoms. The van der Waals surface area contributed by atoms with Crippen molar-refractivity contribution in [3.63, 3.8) is 0 Å². The second-order valence-electron chi connectivity index (χ2n) is 4.69. The normalized spacial score (nSPS) is 14.4. The van der Waals surface area contributed by atoms with Crippen molar-refractivity contribution in [2.45, 2.75) is 45.8 Å².